The first-order valence-electron chi connectivity index (χ1n) is 6.99. The van der Waals surface area contributed by atoms with E-state index in [1.165, 1.54) is 0 Å². The Bertz CT molecular complexity index is 478. The molecule has 1 aliphatic heterocycles. The van der Waals surface area contributed by atoms with Gasteiger partial charge in [-0.25, -0.2) is 4.79 Å². The molecule has 3 amide bonds. The highest BCUT2D eigenvalue weighted by molar-refractivity contribution is 5.93. The Kier molecular flexibility index (Phi) is 4.61. The monoisotopic (exact) mass is 275 g/mol. The Morgan fingerprint density at radius 3 is 2.35 bits per heavy atom. The van der Waals surface area contributed by atoms with Crippen molar-refractivity contribution in [2.45, 2.75) is 32.7 Å². The number of urea groups is 1. The minimum absolute atomic E-state index is 0.0124. The summed E-state index contributed by atoms with van der Waals surface area (Å²) in [4.78, 5) is 25.7. The predicted molar refractivity (Wildman–Crippen MR) is 78.6 cm³/mol. The van der Waals surface area contributed by atoms with Gasteiger partial charge in [-0.15, -0.1) is 0 Å². The molecule has 5 heteroatoms. The van der Waals surface area contributed by atoms with Gasteiger partial charge < -0.3 is 15.5 Å². The third kappa shape index (κ3) is 3.73. The van der Waals surface area contributed by atoms with Crippen molar-refractivity contribution >= 4 is 17.6 Å². The zero-order valence-electron chi connectivity index (χ0n) is 12.0. The van der Waals surface area contributed by atoms with E-state index in [4.69, 9.17) is 0 Å². The number of carbonyl (C=O) groups excluding carboxylic acids is 2. The van der Waals surface area contributed by atoms with Gasteiger partial charge in [0.2, 0.25) is 5.91 Å². The third-order valence-corrected chi connectivity index (χ3v) is 3.45. The number of aryl methyl sites for hydroxylation is 1. The lowest BCUT2D eigenvalue weighted by Crippen LogP contribution is -2.47. The standard InChI is InChI=1S/C15H21N3O2/c1-11-5-7-13(8-6-11)17-15(20)16-12(2)14(19)18-9-3-4-10-18/h5-8,12H,3-4,9-10H2,1-2H3,(H2,16,17,20). The van der Waals surface area contributed by atoms with Gasteiger partial charge in [0.15, 0.2) is 0 Å². The minimum atomic E-state index is -0.501. The Labute approximate surface area is 119 Å². The van der Waals surface area contributed by atoms with Crippen LogP contribution in [0.15, 0.2) is 24.3 Å². The van der Waals surface area contributed by atoms with E-state index in [1.807, 2.05) is 31.2 Å². The van der Waals surface area contributed by atoms with Gasteiger partial charge in [-0.1, -0.05) is 17.7 Å². The molecule has 0 saturated carbocycles. The number of nitrogens with one attached hydrogen (secondary N) is 2. The second-order valence-electron chi connectivity index (χ2n) is 5.22. The van der Waals surface area contributed by atoms with Gasteiger partial charge in [0, 0.05) is 18.8 Å². The quantitative estimate of drug-likeness (QED) is 0.887. The summed E-state index contributed by atoms with van der Waals surface area (Å²) >= 11 is 0. The van der Waals surface area contributed by atoms with E-state index >= 15 is 0 Å². The van der Waals surface area contributed by atoms with Crippen molar-refractivity contribution in [1.29, 1.82) is 0 Å². The van der Waals surface area contributed by atoms with Crippen molar-refractivity contribution in [1.82, 2.24) is 10.2 Å². The zero-order valence-corrected chi connectivity index (χ0v) is 12.0. The topological polar surface area (TPSA) is 61.4 Å². The highest BCUT2D eigenvalue weighted by atomic mass is 16.2. The number of likely N-dealkylation sites (tertiary alicyclic amines) is 1. The van der Waals surface area contributed by atoms with Crippen LogP contribution in [0.2, 0.25) is 0 Å². The van der Waals surface area contributed by atoms with Crippen LogP contribution in [-0.2, 0) is 4.79 Å². The van der Waals surface area contributed by atoms with Crippen LogP contribution < -0.4 is 10.6 Å². The van der Waals surface area contributed by atoms with E-state index in [-0.39, 0.29) is 11.9 Å². The molecule has 1 aliphatic rings. The fourth-order valence-corrected chi connectivity index (χ4v) is 2.27. The molecule has 0 spiro atoms. The number of carbonyl (C=O) groups is 2. The Hall–Kier alpha value is -2.04. The van der Waals surface area contributed by atoms with Gasteiger partial charge in [-0.05, 0) is 38.8 Å². The first-order chi connectivity index (χ1) is 9.56. The summed E-state index contributed by atoms with van der Waals surface area (Å²) in [7, 11) is 0. The van der Waals surface area contributed by atoms with Crippen LogP contribution >= 0.6 is 0 Å². The number of hydrogen-bond acceptors (Lipinski definition) is 2. The average molecular weight is 275 g/mol. The molecule has 20 heavy (non-hydrogen) atoms. The number of anilines is 1. The lowest BCUT2D eigenvalue weighted by Gasteiger charge is -2.21. The molecule has 0 bridgehead atoms. The van der Waals surface area contributed by atoms with Gasteiger partial charge in [0.1, 0.15) is 6.04 Å². The van der Waals surface area contributed by atoms with Crippen LogP contribution in [-0.4, -0.2) is 36.0 Å². The molecule has 1 unspecified atom stereocenters. The zero-order chi connectivity index (χ0) is 14.5. The second-order valence-corrected chi connectivity index (χ2v) is 5.22. The molecule has 108 valence electrons. The van der Waals surface area contributed by atoms with E-state index in [1.54, 1.807) is 11.8 Å². The lowest BCUT2D eigenvalue weighted by atomic mass is 10.2. The van der Waals surface area contributed by atoms with Gasteiger partial charge >= 0.3 is 6.03 Å². The van der Waals surface area contributed by atoms with Crippen molar-refractivity contribution in [3.05, 3.63) is 29.8 Å². The van der Waals surface area contributed by atoms with Gasteiger partial charge in [-0.2, -0.15) is 0 Å². The van der Waals surface area contributed by atoms with Crippen molar-refractivity contribution in [3.63, 3.8) is 0 Å². The SMILES string of the molecule is Cc1ccc(NC(=O)NC(C)C(=O)N2CCCC2)cc1. The fourth-order valence-electron chi connectivity index (χ4n) is 2.27. The molecule has 1 atom stereocenters. The van der Waals surface area contributed by atoms with Crippen molar-refractivity contribution in [3.8, 4) is 0 Å². The predicted octanol–water partition coefficient (Wildman–Crippen LogP) is 2.13. The molecule has 2 rings (SSSR count). The van der Waals surface area contributed by atoms with E-state index in [0.717, 1.165) is 31.5 Å². The van der Waals surface area contributed by atoms with Crippen LogP contribution in [0.3, 0.4) is 0 Å². The molecule has 1 fully saturated rings. The molecular weight excluding hydrogens is 254 g/mol. The van der Waals surface area contributed by atoms with Crippen LogP contribution in [0.5, 0.6) is 0 Å². The van der Waals surface area contributed by atoms with Crippen LogP contribution in [0.25, 0.3) is 0 Å². The normalized spacial score (nSPS) is 15.8. The molecule has 5 nitrogen and oxygen atoms in total. The molecule has 1 heterocycles. The van der Waals surface area contributed by atoms with E-state index < -0.39 is 6.04 Å². The van der Waals surface area contributed by atoms with Crippen molar-refractivity contribution in [2.24, 2.45) is 0 Å². The molecule has 2 N–H and O–H groups in total. The van der Waals surface area contributed by atoms with Gasteiger partial charge in [0.25, 0.3) is 0 Å². The third-order valence-electron chi connectivity index (χ3n) is 3.45. The minimum Gasteiger partial charge on any atom is -0.341 e. The van der Waals surface area contributed by atoms with Crippen LogP contribution in [0.1, 0.15) is 25.3 Å². The van der Waals surface area contributed by atoms with Crippen LogP contribution in [0, 0.1) is 6.92 Å². The van der Waals surface area contributed by atoms with Crippen molar-refractivity contribution < 1.29 is 9.59 Å². The second kappa shape index (κ2) is 6.41. The largest absolute Gasteiger partial charge is 0.341 e. The molecule has 0 aliphatic carbocycles. The Morgan fingerprint density at radius 1 is 1.15 bits per heavy atom. The number of benzene rings is 1. The summed E-state index contributed by atoms with van der Waals surface area (Å²) in [6, 6.07) is 6.67. The molecule has 0 radical (unpaired) electrons. The highest BCUT2D eigenvalue weighted by Gasteiger charge is 2.24. The maximum atomic E-state index is 12.1. The maximum absolute atomic E-state index is 12.1. The molecule has 0 aromatic heterocycles. The maximum Gasteiger partial charge on any atom is 0.319 e. The Morgan fingerprint density at radius 2 is 1.75 bits per heavy atom. The van der Waals surface area contributed by atoms with Gasteiger partial charge in [-0.3, -0.25) is 4.79 Å². The number of nitrogens with zero attached hydrogens (tertiary/aromatic N) is 1. The summed E-state index contributed by atoms with van der Waals surface area (Å²) in [6.07, 6.45) is 2.10. The summed E-state index contributed by atoms with van der Waals surface area (Å²) in [5.41, 5.74) is 1.85. The molecule has 1 aromatic carbocycles. The number of amides is 3. The molecular formula is C15H21N3O2. The average Bonchev–Trinajstić information content (AvgIpc) is 2.94. The van der Waals surface area contributed by atoms with Crippen molar-refractivity contribution in [2.75, 3.05) is 18.4 Å². The Balaban J connectivity index is 1.84. The number of hydrogen-bond donors (Lipinski definition) is 2. The molecule has 1 saturated heterocycles. The molecule has 1 aromatic rings. The number of rotatable bonds is 3. The smallest absolute Gasteiger partial charge is 0.319 e. The summed E-state index contributed by atoms with van der Waals surface area (Å²) in [5.74, 6) is -0.0124. The summed E-state index contributed by atoms with van der Waals surface area (Å²) < 4.78 is 0. The van der Waals surface area contributed by atoms with E-state index in [0.29, 0.717) is 5.69 Å². The van der Waals surface area contributed by atoms with E-state index in [2.05, 4.69) is 10.6 Å². The van der Waals surface area contributed by atoms with Crippen LogP contribution in [0.4, 0.5) is 10.5 Å². The summed E-state index contributed by atoms with van der Waals surface area (Å²) in [6.45, 7) is 5.30. The van der Waals surface area contributed by atoms with E-state index in [9.17, 15) is 9.59 Å². The fraction of sp³-hybridized carbons (Fsp3) is 0.467. The lowest BCUT2D eigenvalue weighted by molar-refractivity contribution is -0.131. The first-order valence-corrected chi connectivity index (χ1v) is 6.99. The summed E-state index contributed by atoms with van der Waals surface area (Å²) in [5, 5.41) is 5.40. The van der Waals surface area contributed by atoms with Gasteiger partial charge in [0.05, 0.1) is 0 Å². The highest BCUT2D eigenvalue weighted by Crippen LogP contribution is 2.10. The first kappa shape index (κ1) is 14.4.